The van der Waals surface area contributed by atoms with Gasteiger partial charge < -0.3 is 9.84 Å². The van der Waals surface area contributed by atoms with Crippen LogP contribution in [0.4, 0.5) is 0 Å². The van der Waals surface area contributed by atoms with Crippen LogP contribution in [0.15, 0.2) is 12.1 Å². The van der Waals surface area contributed by atoms with E-state index in [1.807, 2.05) is 0 Å². The van der Waals surface area contributed by atoms with E-state index in [-0.39, 0.29) is 17.3 Å². The molecule has 1 radical (unpaired) electrons. The number of benzene rings is 1. The van der Waals surface area contributed by atoms with Crippen molar-refractivity contribution in [2.45, 2.75) is 6.92 Å². The van der Waals surface area contributed by atoms with Crippen LogP contribution in [0.1, 0.15) is 17.3 Å². The van der Waals surface area contributed by atoms with Gasteiger partial charge in [-0.05, 0) is 19.1 Å². The molecule has 0 aliphatic rings. The second-order valence-corrected chi connectivity index (χ2v) is 2.36. The number of ketones is 1. The van der Waals surface area contributed by atoms with Gasteiger partial charge in [0, 0.05) is 11.6 Å². The Morgan fingerprint density at radius 1 is 1.67 bits per heavy atom. The smallest absolute Gasteiger partial charge is 0.165 e. The first-order chi connectivity index (χ1) is 5.65. The quantitative estimate of drug-likeness (QED) is 0.674. The Labute approximate surface area is 70.6 Å². The third-order valence-corrected chi connectivity index (χ3v) is 1.51. The molecule has 0 saturated heterocycles. The second-order valence-electron chi connectivity index (χ2n) is 2.36. The Morgan fingerprint density at radius 2 is 2.33 bits per heavy atom. The van der Waals surface area contributed by atoms with E-state index in [0.29, 0.717) is 5.56 Å². The Balaban J connectivity index is 3.13. The first-order valence-corrected chi connectivity index (χ1v) is 3.44. The third kappa shape index (κ3) is 1.56. The van der Waals surface area contributed by atoms with Crippen molar-refractivity contribution in [2.24, 2.45) is 0 Å². The minimum atomic E-state index is -0.0810. The zero-order valence-corrected chi connectivity index (χ0v) is 6.92. The summed E-state index contributed by atoms with van der Waals surface area (Å²) in [6.45, 7) is 1.44. The van der Waals surface area contributed by atoms with Crippen molar-refractivity contribution in [1.29, 1.82) is 0 Å². The molecule has 12 heavy (non-hydrogen) atoms. The van der Waals surface area contributed by atoms with Crippen molar-refractivity contribution in [1.82, 2.24) is 0 Å². The number of ether oxygens (including phenoxy) is 1. The van der Waals surface area contributed by atoms with Crippen LogP contribution in [-0.2, 0) is 0 Å². The fourth-order valence-electron chi connectivity index (χ4n) is 0.827. The molecule has 1 N–H and O–H groups in total. The molecular weight excluding hydrogens is 156 g/mol. The van der Waals surface area contributed by atoms with Gasteiger partial charge in [0.1, 0.15) is 0 Å². The summed E-state index contributed by atoms with van der Waals surface area (Å²) in [6, 6.07) is 5.42. The molecule has 0 heterocycles. The number of methoxy groups -OCH3 is 1. The van der Waals surface area contributed by atoms with Crippen LogP contribution in [0.3, 0.4) is 0 Å². The fraction of sp³-hybridized carbons (Fsp3) is 0.222. The molecule has 0 amide bonds. The van der Waals surface area contributed by atoms with Crippen molar-refractivity contribution < 1.29 is 14.6 Å². The average Bonchev–Trinajstić information content (AvgIpc) is 2.05. The largest absolute Gasteiger partial charge is 0.504 e. The number of Topliss-reactive ketones (excluding diaryl/α,β-unsaturated/α-hetero) is 1. The van der Waals surface area contributed by atoms with Crippen LogP contribution < -0.4 is 4.74 Å². The summed E-state index contributed by atoms with van der Waals surface area (Å²) in [5.41, 5.74) is 0.477. The fourth-order valence-corrected chi connectivity index (χ4v) is 0.827. The maximum absolute atomic E-state index is 10.9. The van der Waals surface area contributed by atoms with Gasteiger partial charge in [-0.25, -0.2) is 0 Å². The second kappa shape index (κ2) is 3.26. The first-order valence-electron chi connectivity index (χ1n) is 3.44. The highest BCUT2D eigenvalue weighted by molar-refractivity contribution is 5.94. The Bertz CT molecular complexity index is 305. The van der Waals surface area contributed by atoms with E-state index >= 15 is 0 Å². The highest BCUT2D eigenvalue weighted by Gasteiger charge is 2.05. The number of hydrogen-bond acceptors (Lipinski definition) is 3. The van der Waals surface area contributed by atoms with Crippen LogP contribution in [-0.4, -0.2) is 18.0 Å². The van der Waals surface area contributed by atoms with Gasteiger partial charge in [0.05, 0.1) is 7.11 Å². The van der Waals surface area contributed by atoms with Crippen molar-refractivity contribution in [3.63, 3.8) is 0 Å². The molecule has 0 spiro atoms. The predicted octanol–water partition coefficient (Wildman–Crippen LogP) is 1.40. The minimum Gasteiger partial charge on any atom is -0.504 e. The zero-order valence-electron chi connectivity index (χ0n) is 6.92. The summed E-state index contributed by atoms with van der Waals surface area (Å²) in [7, 11) is 1.42. The van der Waals surface area contributed by atoms with E-state index in [1.54, 1.807) is 0 Å². The molecule has 0 unspecified atom stereocenters. The lowest BCUT2D eigenvalue weighted by molar-refractivity contribution is 0.101. The number of hydrogen-bond donors (Lipinski definition) is 1. The van der Waals surface area contributed by atoms with Gasteiger partial charge in [-0.1, -0.05) is 0 Å². The Hall–Kier alpha value is -1.51. The number of phenols is 1. The molecule has 3 heteroatoms. The molecule has 0 aliphatic heterocycles. The third-order valence-electron chi connectivity index (χ3n) is 1.51. The van der Waals surface area contributed by atoms with Gasteiger partial charge in [-0.15, -0.1) is 0 Å². The molecule has 0 aliphatic carbocycles. The summed E-state index contributed by atoms with van der Waals surface area (Å²) in [5, 5.41) is 9.12. The Morgan fingerprint density at radius 3 is 2.83 bits per heavy atom. The van der Waals surface area contributed by atoms with Crippen molar-refractivity contribution in [3.8, 4) is 11.5 Å². The number of aromatic hydroxyl groups is 1. The number of phenolic OH excluding ortho intramolecular Hbond substituents is 1. The molecule has 0 fully saturated rings. The van der Waals surface area contributed by atoms with Gasteiger partial charge in [0.2, 0.25) is 0 Å². The van der Waals surface area contributed by atoms with Gasteiger partial charge in [-0.2, -0.15) is 0 Å². The van der Waals surface area contributed by atoms with Crippen LogP contribution in [0.2, 0.25) is 0 Å². The standard InChI is InChI=1S/C9H9O3/c1-6(10)7-3-4-8(11)9(5-7)12-2/h3,5,11H,1-2H3. The van der Waals surface area contributed by atoms with E-state index in [1.165, 1.54) is 26.2 Å². The SMILES string of the molecule is COc1cc(C(C)=O)c[c]c1O. The van der Waals surface area contributed by atoms with E-state index in [2.05, 4.69) is 6.07 Å². The summed E-state index contributed by atoms with van der Waals surface area (Å²) in [5.74, 6) is 0.106. The minimum absolute atomic E-state index is 0.0791. The summed E-state index contributed by atoms with van der Waals surface area (Å²) >= 11 is 0. The number of carbonyl (C=O) groups excluding carboxylic acids is 1. The maximum Gasteiger partial charge on any atom is 0.165 e. The molecule has 0 saturated carbocycles. The lowest BCUT2D eigenvalue weighted by Gasteiger charge is -2.03. The first kappa shape index (κ1) is 8.59. The lowest BCUT2D eigenvalue weighted by atomic mass is 10.1. The number of rotatable bonds is 2. The van der Waals surface area contributed by atoms with Crippen LogP contribution >= 0.6 is 0 Å². The molecule has 1 rings (SSSR count). The summed E-state index contributed by atoms with van der Waals surface area (Å²) in [6.07, 6.45) is 0. The molecule has 3 nitrogen and oxygen atoms in total. The van der Waals surface area contributed by atoms with E-state index in [4.69, 9.17) is 9.84 Å². The molecule has 0 aromatic heterocycles. The van der Waals surface area contributed by atoms with Gasteiger partial charge >= 0.3 is 0 Å². The highest BCUT2D eigenvalue weighted by Crippen LogP contribution is 2.25. The van der Waals surface area contributed by atoms with E-state index < -0.39 is 0 Å². The van der Waals surface area contributed by atoms with Crippen LogP contribution in [0, 0.1) is 6.07 Å². The molecule has 1 aromatic carbocycles. The summed E-state index contributed by atoms with van der Waals surface area (Å²) in [4.78, 5) is 10.9. The zero-order chi connectivity index (χ0) is 9.14. The average molecular weight is 165 g/mol. The normalized spacial score (nSPS) is 9.50. The number of carbonyl (C=O) groups is 1. The van der Waals surface area contributed by atoms with Gasteiger partial charge in [0.15, 0.2) is 17.3 Å². The van der Waals surface area contributed by atoms with Crippen LogP contribution in [0.25, 0.3) is 0 Å². The molecule has 0 bridgehead atoms. The molecular formula is C9H9O3. The van der Waals surface area contributed by atoms with Crippen LogP contribution in [0.5, 0.6) is 11.5 Å². The van der Waals surface area contributed by atoms with E-state index in [0.717, 1.165) is 0 Å². The maximum atomic E-state index is 10.9. The van der Waals surface area contributed by atoms with Crippen molar-refractivity contribution in [3.05, 3.63) is 23.8 Å². The lowest BCUT2D eigenvalue weighted by Crippen LogP contribution is -1.93. The predicted molar refractivity (Wildman–Crippen MR) is 43.5 cm³/mol. The topological polar surface area (TPSA) is 46.5 Å². The van der Waals surface area contributed by atoms with Gasteiger partial charge in [0.25, 0.3) is 0 Å². The van der Waals surface area contributed by atoms with Gasteiger partial charge in [-0.3, -0.25) is 4.79 Å². The Kier molecular flexibility index (Phi) is 2.33. The molecule has 1 aromatic rings. The molecule has 63 valence electrons. The monoisotopic (exact) mass is 165 g/mol. The van der Waals surface area contributed by atoms with E-state index in [9.17, 15) is 4.79 Å². The van der Waals surface area contributed by atoms with Crippen molar-refractivity contribution in [2.75, 3.05) is 7.11 Å². The molecule has 0 atom stereocenters. The van der Waals surface area contributed by atoms with Crippen molar-refractivity contribution >= 4 is 5.78 Å². The highest BCUT2D eigenvalue weighted by atomic mass is 16.5. The summed E-state index contributed by atoms with van der Waals surface area (Å²) < 4.78 is 4.80.